The van der Waals surface area contributed by atoms with E-state index >= 15 is 0 Å². The van der Waals surface area contributed by atoms with Crippen molar-refractivity contribution in [1.82, 2.24) is 5.32 Å². The van der Waals surface area contributed by atoms with E-state index in [2.05, 4.69) is 34.2 Å². The van der Waals surface area contributed by atoms with Gasteiger partial charge in [0.1, 0.15) is 11.6 Å². The lowest BCUT2D eigenvalue weighted by Gasteiger charge is -2.20. The third-order valence-corrected chi connectivity index (χ3v) is 4.15. The predicted molar refractivity (Wildman–Crippen MR) is 87.2 cm³/mol. The number of ether oxygens (including phenoxy) is 1. The Hall–Kier alpha value is -1.39. The van der Waals surface area contributed by atoms with Gasteiger partial charge in [-0.2, -0.15) is 0 Å². The smallest absolute Gasteiger partial charge is 0.123 e. The zero-order valence-corrected chi connectivity index (χ0v) is 13.8. The van der Waals surface area contributed by atoms with E-state index < -0.39 is 0 Å². The van der Waals surface area contributed by atoms with Crippen molar-refractivity contribution in [3.8, 4) is 5.75 Å². The number of hydrogen-bond donors (Lipinski definition) is 1. The van der Waals surface area contributed by atoms with Gasteiger partial charge < -0.3 is 10.1 Å². The van der Waals surface area contributed by atoms with E-state index in [1.165, 1.54) is 6.07 Å². The van der Waals surface area contributed by atoms with Gasteiger partial charge in [-0.25, -0.2) is 4.39 Å². The van der Waals surface area contributed by atoms with Crippen molar-refractivity contribution >= 4 is 15.9 Å². The van der Waals surface area contributed by atoms with Crippen molar-refractivity contribution in [2.75, 3.05) is 13.7 Å². The summed E-state index contributed by atoms with van der Waals surface area (Å²) in [6, 6.07) is 12.9. The summed E-state index contributed by atoms with van der Waals surface area (Å²) in [5.41, 5.74) is 2.08. The van der Waals surface area contributed by atoms with E-state index in [4.69, 9.17) is 4.74 Å². The minimum Gasteiger partial charge on any atom is -0.497 e. The van der Waals surface area contributed by atoms with Gasteiger partial charge in [0.25, 0.3) is 0 Å². The van der Waals surface area contributed by atoms with Crippen LogP contribution in [0.25, 0.3) is 0 Å². The number of hydrogen-bond acceptors (Lipinski definition) is 2. The van der Waals surface area contributed by atoms with E-state index in [-0.39, 0.29) is 11.9 Å². The monoisotopic (exact) mass is 351 g/mol. The zero-order valence-electron chi connectivity index (χ0n) is 12.2. The third kappa shape index (κ3) is 4.29. The van der Waals surface area contributed by atoms with Crippen molar-refractivity contribution in [1.29, 1.82) is 0 Å². The SMILES string of the molecule is CCNC(Cc1cc(F)ccc1Br)c1cccc(OC)c1. The van der Waals surface area contributed by atoms with E-state index in [1.807, 2.05) is 18.2 Å². The third-order valence-electron chi connectivity index (χ3n) is 3.38. The molecule has 0 aromatic heterocycles. The molecule has 0 saturated heterocycles. The minimum atomic E-state index is -0.214. The molecule has 0 fully saturated rings. The van der Waals surface area contributed by atoms with Gasteiger partial charge in [0.15, 0.2) is 0 Å². The standard InChI is InChI=1S/C17H19BrFNO/c1-3-20-17(12-5-4-6-15(10-12)21-2)11-13-9-14(19)7-8-16(13)18/h4-10,17,20H,3,11H2,1-2H3. The number of halogens is 2. The Morgan fingerprint density at radius 3 is 2.76 bits per heavy atom. The molecule has 1 unspecified atom stereocenters. The molecule has 0 saturated carbocycles. The van der Waals surface area contributed by atoms with Crippen LogP contribution >= 0.6 is 15.9 Å². The van der Waals surface area contributed by atoms with Gasteiger partial charge in [-0.1, -0.05) is 35.0 Å². The van der Waals surface area contributed by atoms with Crippen LogP contribution < -0.4 is 10.1 Å². The average molecular weight is 352 g/mol. The molecule has 1 atom stereocenters. The van der Waals surface area contributed by atoms with E-state index in [1.54, 1.807) is 19.2 Å². The van der Waals surface area contributed by atoms with Crippen molar-refractivity contribution in [3.63, 3.8) is 0 Å². The van der Waals surface area contributed by atoms with Crippen molar-refractivity contribution < 1.29 is 9.13 Å². The van der Waals surface area contributed by atoms with E-state index in [0.29, 0.717) is 6.42 Å². The zero-order chi connectivity index (χ0) is 15.2. The second kappa shape index (κ2) is 7.57. The predicted octanol–water partition coefficient (Wildman–Crippen LogP) is 4.49. The summed E-state index contributed by atoms with van der Waals surface area (Å²) in [7, 11) is 1.66. The van der Waals surface area contributed by atoms with Crippen molar-refractivity contribution in [2.24, 2.45) is 0 Å². The fourth-order valence-corrected chi connectivity index (χ4v) is 2.74. The fourth-order valence-electron chi connectivity index (χ4n) is 2.33. The highest BCUT2D eigenvalue weighted by Crippen LogP contribution is 2.26. The summed E-state index contributed by atoms with van der Waals surface area (Å²) in [6.07, 6.45) is 0.708. The molecule has 4 heteroatoms. The molecule has 1 N–H and O–H groups in total. The quantitative estimate of drug-likeness (QED) is 0.827. The van der Waals surface area contributed by atoms with Crippen LogP contribution in [0.4, 0.5) is 4.39 Å². The molecule has 0 heterocycles. The van der Waals surface area contributed by atoms with Crippen LogP contribution in [0.2, 0.25) is 0 Å². The highest BCUT2D eigenvalue weighted by molar-refractivity contribution is 9.10. The van der Waals surface area contributed by atoms with Crippen LogP contribution in [0.5, 0.6) is 5.75 Å². The molecule has 0 aliphatic heterocycles. The Labute approximate surface area is 133 Å². The maximum atomic E-state index is 13.4. The summed E-state index contributed by atoms with van der Waals surface area (Å²) < 4.78 is 19.6. The highest BCUT2D eigenvalue weighted by atomic mass is 79.9. The first-order chi connectivity index (χ1) is 10.1. The second-order valence-corrected chi connectivity index (χ2v) is 5.68. The average Bonchev–Trinajstić information content (AvgIpc) is 2.50. The first kappa shape index (κ1) is 16.0. The normalized spacial score (nSPS) is 12.2. The van der Waals surface area contributed by atoms with Crippen molar-refractivity contribution in [3.05, 3.63) is 63.9 Å². The lowest BCUT2D eigenvalue weighted by molar-refractivity contribution is 0.413. The summed E-state index contributed by atoms with van der Waals surface area (Å²) in [4.78, 5) is 0. The van der Waals surface area contributed by atoms with Crippen molar-refractivity contribution in [2.45, 2.75) is 19.4 Å². The summed E-state index contributed by atoms with van der Waals surface area (Å²) in [6.45, 7) is 2.91. The van der Waals surface area contributed by atoms with Gasteiger partial charge in [-0.15, -0.1) is 0 Å². The first-order valence-electron chi connectivity index (χ1n) is 6.95. The largest absolute Gasteiger partial charge is 0.497 e. The molecule has 2 aromatic carbocycles. The van der Waals surface area contributed by atoms with Crippen LogP contribution in [0, 0.1) is 5.82 Å². The summed E-state index contributed by atoms with van der Waals surface area (Å²) >= 11 is 3.49. The highest BCUT2D eigenvalue weighted by Gasteiger charge is 2.14. The molecule has 0 bridgehead atoms. The van der Waals surface area contributed by atoms with Crippen LogP contribution in [0.15, 0.2) is 46.9 Å². The van der Waals surface area contributed by atoms with Gasteiger partial charge >= 0.3 is 0 Å². The molecule has 21 heavy (non-hydrogen) atoms. The van der Waals surface area contributed by atoms with Crippen LogP contribution in [0.1, 0.15) is 24.1 Å². The minimum absolute atomic E-state index is 0.114. The molecule has 2 aromatic rings. The summed E-state index contributed by atoms with van der Waals surface area (Å²) in [5.74, 6) is 0.614. The second-order valence-electron chi connectivity index (χ2n) is 4.83. The molecular weight excluding hydrogens is 333 g/mol. The van der Waals surface area contributed by atoms with E-state index in [9.17, 15) is 4.39 Å². The maximum absolute atomic E-state index is 13.4. The molecule has 0 aliphatic carbocycles. The molecule has 0 spiro atoms. The lowest BCUT2D eigenvalue weighted by atomic mass is 9.98. The van der Waals surface area contributed by atoms with E-state index in [0.717, 1.165) is 27.9 Å². The molecule has 0 aliphatic rings. The molecule has 0 radical (unpaired) electrons. The Bertz CT molecular complexity index is 603. The van der Waals surface area contributed by atoms with Crippen LogP contribution in [0.3, 0.4) is 0 Å². The first-order valence-corrected chi connectivity index (χ1v) is 7.74. The van der Waals surface area contributed by atoms with Crippen LogP contribution in [-0.2, 0) is 6.42 Å². The number of likely N-dealkylation sites (N-methyl/N-ethyl adjacent to an activating group) is 1. The Kier molecular flexibility index (Phi) is 5.76. The number of nitrogens with one attached hydrogen (secondary N) is 1. The van der Waals surface area contributed by atoms with Gasteiger partial charge in [0.2, 0.25) is 0 Å². The molecule has 112 valence electrons. The van der Waals surface area contributed by atoms with Crippen LogP contribution in [-0.4, -0.2) is 13.7 Å². The molecule has 2 rings (SSSR count). The van der Waals surface area contributed by atoms with Gasteiger partial charge in [0.05, 0.1) is 7.11 Å². The number of rotatable bonds is 6. The summed E-state index contributed by atoms with van der Waals surface area (Å²) in [5, 5.41) is 3.45. The van der Waals surface area contributed by atoms with Gasteiger partial charge in [-0.05, 0) is 54.4 Å². The molecule has 2 nitrogen and oxygen atoms in total. The topological polar surface area (TPSA) is 21.3 Å². The maximum Gasteiger partial charge on any atom is 0.123 e. The number of benzene rings is 2. The Morgan fingerprint density at radius 1 is 1.24 bits per heavy atom. The van der Waals surface area contributed by atoms with Gasteiger partial charge in [-0.3, -0.25) is 0 Å². The Morgan fingerprint density at radius 2 is 2.05 bits per heavy atom. The number of methoxy groups -OCH3 is 1. The Balaban J connectivity index is 2.28. The molecular formula is C17H19BrFNO. The lowest BCUT2D eigenvalue weighted by Crippen LogP contribution is -2.23. The fraction of sp³-hybridized carbons (Fsp3) is 0.294. The molecule has 0 amide bonds. The van der Waals surface area contributed by atoms with Gasteiger partial charge in [0, 0.05) is 10.5 Å².